The average Bonchev–Trinajstić information content (AvgIpc) is 3.31. The highest BCUT2D eigenvalue weighted by Crippen LogP contribution is 2.66. The standard InChI is InChI=1S/C22H23NO4/c1-21-9-5-8-14-15-10-16(24)23(11-13-6-3-2-4-7-13)12-22(15)19(27-22)18(17(14)21)26-20(21)25/h2-4,6-7,10,14,17-19H,5,8-9,11-12H2,1H3/t14?,17-,18-,19?,21?,22?/m0/s1. The molecule has 1 aromatic carbocycles. The Hall–Kier alpha value is -2.14. The van der Waals surface area contributed by atoms with E-state index in [4.69, 9.17) is 9.47 Å². The van der Waals surface area contributed by atoms with Crippen molar-refractivity contribution in [3.63, 3.8) is 0 Å². The van der Waals surface area contributed by atoms with E-state index in [1.54, 1.807) is 0 Å². The van der Waals surface area contributed by atoms with E-state index in [0.717, 1.165) is 30.4 Å². The first-order valence-corrected chi connectivity index (χ1v) is 9.97. The zero-order valence-corrected chi connectivity index (χ0v) is 15.4. The molecule has 3 aliphatic heterocycles. The van der Waals surface area contributed by atoms with Gasteiger partial charge in [-0.15, -0.1) is 0 Å². The molecule has 0 aromatic heterocycles. The minimum Gasteiger partial charge on any atom is -0.459 e. The summed E-state index contributed by atoms with van der Waals surface area (Å²) in [6.45, 7) is 3.19. The molecule has 0 N–H and O–H groups in total. The summed E-state index contributed by atoms with van der Waals surface area (Å²) in [5.41, 5.74) is 1.39. The van der Waals surface area contributed by atoms with Crippen LogP contribution in [-0.2, 0) is 25.6 Å². The Morgan fingerprint density at radius 1 is 1.22 bits per heavy atom. The molecule has 27 heavy (non-hydrogen) atoms. The van der Waals surface area contributed by atoms with Crippen molar-refractivity contribution in [2.45, 2.75) is 50.5 Å². The molecule has 1 spiro atoms. The number of ether oxygens (including phenoxy) is 2. The molecule has 1 amide bonds. The van der Waals surface area contributed by atoms with Crippen LogP contribution in [0.15, 0.2) is 42.0 Å². The fourth-order valence-corrected chi connectivity index (χ4v) is 6.28. The topological polar surface area (TPSA) is 59.1 Å². The summed E-state index contributed by atoms with van der Waals surface area (Å²) in [4.78, 5) is 27.4. The third-order valence-corrected chi connectivity index (χ3v) is 7.60. The van der Waals surface area contributed by atoms with E-state index in [1.165, 1.54) is 0 Å². The minimum atomic E-state index is -0.433. The fourth-order valence-electron chi connectivity index (χ4n) is 6.28. The van der Waals surface area contributed by atoms with Crippen molar-refractivity contribution < 1.29 is 19.1 Å². The van der Waals surface area contributed by atoms with Crippen LogP contribution in [0.4, 0.5) is 0 Å². The first-order valence-electron chi connectivity index (χ1n) is 9.97. The van der Waals surface area contributed by atoms with Crippen LogP contribution in [0.3, 0.4) is 0 Å². The number of benzene rings is 1. The van der Waals surface area contributed by atoms with Gasteiger partial charge in [-0.2, -0.15) is 0 Å². The highest BCUT2D eigenvalue weighted by Gasteiger charge is 2.77. The van der Waals surface area contributed by atoms with Crippen molar-refractivity contribution in [3.8, 4) is 0 Å². The van der Waals surface area contributed by atoms with Gasteiger partial charge in [-0.3, -0.25) is 9.59 Å². The van der Waals surface area contributed by atoms with Gasteiger partial charge in [0.05, 0.1) is 12.0 Å². The van der Waals surface area contributed by atoms with E-state index in [-0.39, 0.29) is 35.9 Å². The predicted molar refractivity (Wildman–Crippen MR) is 96.4 cm³/mol. The summed E-state index contributed by atoms with van der Waals surface area (Å²) in [6, 6.07) is 10.0. The number of epoxide rings is 1. The second kappa shape index (κ2) is 5.02. The van der Waals surface area contributed by atoms with Crippen LogP contribution in [0.1, 0.15) is 31.7 Å². The van der Waals surface area contributed by atoms with E-state index in [2.05, 4.69) is 6.92 Å². The zero-order chi connectivity index (χ0) is 18.4. The molecule has 5 heteroatoms. The monoisotopic (exact) mass is 365 g/mol. The van der Waals surface area contributed by atoms with Crippen LogP contribution in [-0.4, -0.2) is 41.1 Å². The molecule has 4 unspecified atom stereocenters. The largest absolute Gasteiger partial charge is 0.459 e. The lowest BCUT2D eigenvalue weighted by Gasteiger charge is -2.46. The van der Waals surface area contributed by atoms with Crippen molar-refractivity contribution in [1.82, 2.24) is 4.90 Å². The van der Waals surface area contributed by atoms with Gasteiger partial charge >= 0.3 is 5.97 Å². The second-order valence-corrected chi connectivity index (χ2v) is 9.02. The number of esters is 1. The molecule has 3 heterocycles. The van der Waals surface area contributed by atoms with Gasteiger partial charge in [0.15, 0.2) is 0 Å². The predicted octanol–water partition coefficient (Wildman–Crippen LogP) is 2.45. The van der Waals surface area contributed by atoms with E-state index >= 15 is 0 Å². The van der Waals surface area contributed by atoms with Crippen molar-refractivity contribution in [3.05, 3.63) is 47.5 Å². The quantitative estimate of drug-likeness (QED) is 0.597. The number of nitrogens with zero attached hydrogens (tertiary/aromatic N) is 1. The van der Waals surface area contributed by atoms with Crippen molar-refractivity contribution in [2.75, 3.05) is 6.54 Å². The number of hydrogen-bond donors (Lipinski definition) is 0. The number of rotatable bonds is 2. The Kier molecular flexibility index (Phi) is 2.95. The van der Waals surface area contributed by atoms with Gasteiger partial charge in [0.1, 0.15) is 17.8 Å². The van der Waals surface area contributed by atoms with Crippen LogP contribution in [0.25, 0.3) is 0 Å². The molecule has 1 aromatic rings. The number of amides is 1. The summed E-state index contributed by atoms with van der Waals surface area (Å²) in [5.74, 6) is 0.366. The van der Waals surface area contributed by atoms with Crippen molar-refractivity contribution >= 4 is 11.9 Å². The summed E-state index contributed by atoms with van der Waals surface area (Å²) in [5, 5.41) is 0. The van der Waals surface area contributed by atoms with Gasteiger partial charge in [-0.1, -0.05) is 36.8 Å². The van der Waals surface area contributed by atoms with Gasteiger partial charge in [-0.25, -0.2) is 0 Å². The number of carbonyl (C=O) groups excluding carboxylic acids is 2. The smallest absolute Gasteiger partial charge is 0.312 e. The normalized spacial score (nSPS) is 44.0. The lowest BCUT2D eigenvalue weighted by molar-refractivity contribution is -0.149. The third-order valence-electron chi connectivity index (χ3n) is 7.60. The van der Waals surface area contributed by atoms with E-state index in [9.17, 15) is 9.59 Å². The summed E-state index contributed by atoms with van der Waals surface area (Å²) < 4.78 is 12.1. The molecule has 0 bridgehead atoms. The molecule has 2 saturated heterocycles. The van der Waals surface area contributed by atoms with Crippen LogP contribution in [0, 0.1) is 17.3 Å². The first-order chi connectivity index (χ1) is 13.0. The van der Waals surface area contributed by atoms with Crippen LogP contribution < -0.4 is 0 Å². The minimum absolute atomic E-state index is 0.0599. The number of hydrogen-bond acceptors (Lipinski definition) is 4. The van der Waals surface area contributed by atoms with Crippen LogP contribution in [0.2, 0.25) is 0 Å². The van der Waals surface area contributed by atoms with Crippen LogP contribution in [0.5, 0.6) is 0 Å². The van der Waals surface area contributed by atoms with Gasteiger partial charge < -0.3 is 14.4 Å². The molecular formula is C22H23NO4. The van der Waals surface area contributed by atoms with Gasteiger partial charge in [-0.05, 0) is 36.8 Å². The maximum atomic E-state index is 12.9. The Labute approximate surface area is 158 Å². The fraction of sp³-hybridized carbons (Fsp3) is 0.545. The summed E-state index contributed by atoms with van der Waals surface area (Å²) in [6.07, 6.45) is 4.46. The number of fused-ring (bicyclic) bond motifs is 2. The van der Waals surface area contributed by atoms with Crippen molar-refractivity contribution in [1.29, 1.82) is 0 Å². The van der Waals surface area contributed by atoms with Gasteiger partial charge in [0.2, 0.25) is 5.91 Å². The molecule has 0 radical (unpaired) electrons. The van der Waals surface area contributed by atoms with E-state index < -0.39 is 11.0 Å². The average molecular weight is 365 g/mol. The van der Waals surface area contributed by atoms with Crippen molar-refractivity contribution in [2.24, 2.45) is 17.3 Å². The summed E-state index contributed by atoms with van der Waals surface area (Å²) in [7, 11) is 0. The zero-order valence-electron chi connectivity index (χ0n) is 15.4. The lowest BCUT2D eigenvalue weighted by atomic mass is 9.55. The molecule has 5 nitrogen and oxygen atoms in total. The molecule has 140 valence electrons. The molecule has 5 aliphatic rings. The molecule has 6 atom stereocenters. The first kappa shape index (κ1) is 15.9. The Balaban J connectivity index is 1.37. The third kappa shape index (κ3) is 1.93. The highest BCUT2D eigenvalue weighted by molar-refractivity contribution is 5.91. The van der Waals surface area contributed by atoms with Gasteiger partial charge in [0.25, 0.3) is 0 Å². The van der Waals surface area contributed by atoms with E-state index in [0.29, 0.717) is 13.1 Å². The molecule has 2 aliphatic carbocycles. The Morgan fingerprint density at radius 2 is 2.04 bits per heavy atom. The Morgan fingerprint density at radius 3 is 2.85 bits per heavy atom. The Bertz CT molecular complexity index is 880. The van der Waals surface area contributed by atoms with Gasteiger partial charge in [0, 0.05) is 18.5 Å². The highest BCUT2D eigenvalue weighted by atomic mass is 16.7. The van der Waals surface area contributed by atoms with Crippen LogP contribution >= 0.6 is 0 Å². The molecule has 4 fully saturated rings. The number of carbonyl (C=O) groups is 2. The SMILES string of the molecule is CC12CCCC3C4=CC(=O)N(Cc5ccccc5)CC45OC5[C@@H](OC1=O)[C@H]32. The molecule has 6 rings (SSSR count). The molecular weight excluding hydrogens is 342 g/mol. The second-order valence-electron chi connectivity index (χ2n) is 9.02. The lowest BCUT2D eigenvalue weighted by Crippen LogP contribution is -2.55. The van der Waals surface area contributed by atoms with E-state index in [1.807, 2.05) is 41.3 Å². The molecule has 2 saturated carbocycles. The maximum Gasteiger partial charge on any atom is 0.312 e. The maximum absolute atomic E-state index is 12.9. The summed E-state index contributed by atoms with van der Waals surface area (Å²) >= 11 is 0.